The van der Waals surface area contributed by atoms with E-state index in [-0.39, 0.29) is 11.3 Å². The van der Waals surface area contributed by atoms with Crippen molar-refractivity contribution >= 4 is 0 Å². The van der Waals surface area contributed by atoms with Gasteiger partial charge in [0.2, 0.25) is 0 Å². The number of halogens is 1. The van der Waals surface area contributed by atoms with Crippen LogP contribution in [-0.2, 0) is 6.42 Å². The molecular formula is C27H37F. The first-order valence-corrected chi connectivity index (χ1v) is 11.7. The van der Waals surface area contributed by atoms with E-state index < -0.39 is 5.67 Å². The van der Waals surface area contributed by atoms with Crippen LogP contribution in [0.5, 0.6) is 0 Å². The maximum Gasteiger partial charge on any atom is 0.145 e. The Morgan fingerprint density at radius 2 is 1.57 bits per heavy atom. The van der Waals surface area contributed by atoms with Gasteiger partial charge in [0.1, 0.15) is 5.67 Å². The molecule has 1 aromatic carbocycles. The molecule has 5 rings (SSSR count). The molecule has 0 amide bonds. The molecule has 0 N–H and O–H groups in total. The Labute approximate surface area is 171 Å². The summed E-state index contributed by atoms with van der Waals surface area (Å²) in [7, 11) is 0. The summed E-state index contributed by atoms with van der Waals surface area (Å²) in [5.74, 6) is -0.144. The minimum atomic E-state index is -1.24. The average Bonchev–Trinajstić information content (AvgIpc) is 2.75. The zero-order valence-corrected chi connectivity index (χ0v) is 17.9. The molecule has 0 aliphatic heterocycles. The first-order chi connectivity index (χ1) is 13.6. The summed E-state index contributed by atoms with van der Waals surface area (Å²) in [5, 5.41) is 0. The number of hydrogen-bond acceptors (Lipinski definition) is 0. The second kappa shape index (κ2) is 7.81. The number of alkyl halides is 1. The number of hydrogen-bond donors (Lipinski definition) is 0. The second-order valence-corrected chi connectivity index (χ2v) is 9.87. The second-order valence-electron chi connectivity index (χ2n) is 9.87. The summed E-state index contributed by atoms with van der Waals surface area (Å²) < 4.78 is 17.0. The lowest BCUT2D eigenvalue weighted by Crippen LogP contribution is -2.55. The number of unbranched alkanes of at least 4 members (excludes halogenated alkanes) is 1. The van der Waals surface area contributed by atoms with Crippen LogP contribution in [-0.4, -0.2) is 5.67 Å². The molecule has 2 bridgehead atoms. The Morgan fingerprint density at radius 1 is 0.893 bits per heavy atom. The van der Waals surface area contributed by atoms with Crippen LogP contribution in [0.25, 0.3) is 0 Å². The van der Waals surface area contributed by atoms with E-state index in [0.717, 1.165) is 37.7 Å². The lowest BCUT2D eigenvalue weighted by molar-refractivity contribution is -0.101. The van der Waals surface area contributed by atoms with Crippen molar-refractivity contribution in [2.75, 3.05) is 0 Å². The highest BCUT2D eigenvalue weighted by molar-refractivity contribution is 5.40. The topological polar surface area (TPSA) is 0 Å². The maximum absolute atomic E-state index is 17.0. The highest BCUT2D eigenvalue weighted by Gasteiger charge is 2.60. The van der Waals surface area contributed by atoms with Crippen molar-refractivity contribution in [2.24, 2.45) is 10.8 Å². The van der Waals surface area contributed by atoms with Crippen LogP contribution in [0.3, 0.4) is 0 Å². The molecule has 2 atom stereocenters. The average molecular weight is 381 g/mol. The van der Waals surface area contributed by atoms with Crippen molar-refractivity contribution in [1.29, 1.82) is 0 Å². The first-order valence-electron chi connectivity index (χ1n) is 11.7. The van der Waals surface area contributed by atoms with Gasteiger partial charge in [-0.3, -0.25) is 0 Å². The fourth-order valence-electron chi connectivity index (χ4n) is 6.42. The predicted octanol–water partition coefficient (Wildman–Crippen LogP) is 8.09. The molecule has 2 unspecified atom stereocenters. The predicted molar refractivity (Wildman–Crippen MR) is 117 cm³/mol. The highest BCUT2D eigenvalue weighted by Crippen LogP contribution is 2.66. The molecular weight excluding hydrogens is 343 g/mol. The van der Waals surface area contributed by atoms with Crippen LogP contribution in [0.2, 0.25) is 0 Å². The van der Waals surface area contributed by atoms with Crippen molar-refractivity contribution in [3.05, 3.63) is 59.7 Å². The zero-order valence-electron chi connectivity index (χ0n) is 17.9. The van der Waals surface area contributed by atoms with Gasteiger partial charge < -0.3 is 0 Å². The molecule has 1 aromatic rings. The molecule has 3 fully saturated rings. The van der Waals surface area contributed by atoms with Crippen LogP contribution in [0.15, 0.2) is 48.6 Å². The van der Waals surface area contributed by atoms with E-state index in [9.17, 15) is 0 Å². The minimum absolute atomic E-state index is 0.144. The van der Waals surface area contributed by atoms with E-state index in [0.29, 0.717) is 5.41 Å². The number of fused-ring (bicyclic) bond motifs is 3. The SMILES string of the molecule is CCCCC12CCC(C3(F)C=CC=CC3c3ccc(CCC)cc3)(CC1)CC2. The van der Waals surface area contributed by atoms with Crippen molar-refractivity contribution in [3.8, 4) is 0 Å². The lowest BCUT2D eigenvalue weighted by Gasteiger charge is -2.59. The van der Waals surface area contributed by atoms with E-state index in [1.165, 1.54) is 44.1 Å². The van der Waals surface area contributed by atoms with E-state index in [4.69, 9.17) is 0 Å². The van der Waals surface area contributed by atoms with Crippen molar-refractivity contribution in [3.63, 3.8) is 0 Å². The number of allylic oxidation sites excluding steroid dienone is 4. The van der Waals surface area contributed by atoms with Gasteiger partial charge >= 0.3 is 0 Å². The number of rotatable bonds is 7. The monoisotopic (exact) mass is 380 g/mol. The summed E-state index contributed by atoms with van der Waals surface area (Å²) in [5.41, 5.74) is 1.62. The molecule has 0 radical (unpaired) electrons. The van der Waals surface area contributed by atoms with Crippen LogP contribution < -0.4 is 0 Å². The Hall–Kier alpha value is -1.37. The van der Waals surface area contributed by atoms with E-state index >= 15 is 4.39 Å². The maximum atomic E-state index is 17.0. The largest absolute Gasteiger partial charge is 0.238 e. The van der Waals surface area contributed by atoms with Gasteiger partial charge in [0.15, 0.2) is 0 Å². The molecule has 4 aliphatic rings. The molecule has 152 valence electrons. The van der Waals surface area contributed by atoms with Gasteiger partial charge in [-0.05, 0) is 74.0 Å². The van der Waals surface area contributed by atoms with Gasteiger partial charge in [-0.1, -0.05) is 75.6 Å². The zero-order chi connectivity index (χ0) is 19.7. The minimum Gasteiger partial charge on any atom is -0.238 e. The number of aryl methyl sites for hydroxylation is 1. The molecule has 3 saturated carbocycles. The van der Waals surface area contributed by atoms with Crippen LogP contribution in [0, 0.1) is 10.8 Å². The van der Waals surface area contributed by atoms with Gasteiger partial charge in [0.05, 0.1) is 0 Å². The first kappa shape index (κ1) is 19.9. The van der Waals surface area contributed by atoms with E-state index in [1.54, 1.807) is 0 Å². The van der Waals surface area contributed by atoms with Crippen LogP contribution in [0.4, 0.5) is 4.39 Å². The van der Waals surface area contributed by atoms with Crippen LogP contribution >= 0.6 is 0 Å². The van der Waals surface area contributed by atoms with Crippen LogP contribution in [0.1, 0.15) is 95.1 Å². The third-order valence-electron chi connectivity index (χ3n) is 8.36. The highest BCUT2D eigenvalue weighted by atomic mass is 19.1. The third kappa shape index (κ3) is 3.29. The van der Waals surface area contributed by atoms with E-state index in [1.807, 2.05) is 12.2 Å². The fraction of sp³-hybridized carbons (Fsp3) is 0.630. The molecule has 28 heavy (non-hydrogen) atoms. The Kier molecular flexibility index (Phi) is 5.55. The summed E-state index contributed by atoms with van der Waals surface area (Å²) in [6.07, 6.45) is 21.2. The molecule has 0 heterocycles. The third-order valence-corrected chi connectivity index (χ3v) is 8.36. The summed E-state index contributed by atoms with van der Waals surface area (Å²) in [4.78, 5) is 0. The van der Waals surface area contributed by atoms with Crippen molar-refractivity contribution in [1.82, 2.24) is 0 Å². The Morgan fingerprint density at radius 3 is 2.18 bits per heavy atom. The van der Waals surface area contributed by atoms with Crippen molar-refractivity contribution in [2.45, 2.75) is 96.1 Å². The Balaban J connectivity index is 1.59. The fourth-order valence-corrected chi connectivity index (χ4v) is 6.42. The molecule has 0 nitrogen and oxygen atoms in total. The van der Waals surface area contributed by atoms with Gasteiger partial charge in [-0.2, -0.15) is 0 Å². The Bertz CT molecular complexity index is 701. The summed E-state index contributed by atoms with van der Waals surface area (Å²) in [6.45, 7) is 4.50. The quantitative estimate of drug-likeness (QED) is 0.448. The van der Waals surface area contributed by atoms with Gasteiger partial charge in [0, 0.05) is 11.3 Å². The molecule has 0 saturated heterocycles. The van der Waals surface area contributed by atoms with Crippen molar-refractivity contribution < 1.29 is 4.39 Å². The molecule has 0 spiro atoms. The molecule has 0 aromatic heterocycles. The molecule has 4 aliphatic carbocycles. The van der Waals surface area contributed by atoms with Gasteiger partial charge in [-0.15, -0.1) is 0 Å². The van der Waals surface area contributed by atoms with Gasteiger partial charge in [-0.25, -0.2) is 4.39 Å². The molecule has 1 heteroatoms. The smallest absolute Gasteiger partial charge is 0.145 e. The number of benzene rings is 1. The standard InChI is InChI=1S/C27H37F/c1-3-5-14-25-16-19-26(20-17-25,21-18-25)27(28)15-7-6-9-24(27)23-12-10-22(8-4-2)11-13-23/h6-7,9-13,15,24H,3-5,8,14,16-21H2,1-2H3. The summed E-state index contributed by atoms with van der Waals surface area (Å²) >= 11 is 0. The lowest BCUT2D eigenvalue weighted by atomic mass is 9.46. The van der Waals surface area contributed by atoms with Gasteiger partial charge in [0.25, 0.3) is 0 Å². The summed E-state index contributed by atoms with van der Waals surface area (Å²) in [6, 6.07) is 8.78. The van der Waals surface area contributed by atoms with E-state index in [2.05, 4.69) is 50.3 Å². The normalized spacial score (nSPS) is 36.8.